The molecule has 3 unspecified atom stereocenters. The van der Waals surface area contributed by atoms with Crippen LogP contribution >= 0.6 is 11.8 Å². The number of alkyl halides is 1. The van der Waals surface area contributed by atoms with Crippen molar-refractivity contribution >= 4 is 11.8 Å². The van der Waals surface area contributed by atoms with Crippen LogP contribution in [-0.2, 0) is 0 Å². The normalized spacial score (nSPS) is 16.5. The zero-order chi connectivity index (χ0) is 13.8. The minimum absolute atomic E-state index is 0.277. The molecule has 110 valence electrons. The second kappa shape index (κ2) is 12.3. The van der Waals surface area contributed by atoms with E-state index >= 15 is 0 Å². The van der Waals surface area contributed by atoms with E-state index in [0.717, 1.165) is 24.5 Å². The van der Waals surface area contributed by atoms with Gasteiger partial charge in [0.1, 0.15) is 5.50 Å². The van der Waals surface area contributed by atoms with Crippen LogP contribution in [0.25, 0.3) is 0 Å². The fourth-order valence-corrected chi connectivity index (χ4v) is 3.71. The molecule has 3 atom stereocenters. The van der Waals surface area contributed by atoms with E-state index in [1.54, 1.807) is 11.8 Å². The summed E-state index contributed by atoms with van der Waals surface area (Å²) in [5.41, 5.74) is -0.641. The molecule has 0 saturated heterocycles. The molecule has 0 aliphatic heterocycles. The second-order valence-electron chi connectivity index (χ2n) is 5.41. The summed E-state index contributed by atoms with van der Waals surface area (Å²) in [5, 5.41) is 0. The first-order valence-electron chi connectivity index (χ1n) is 7.95. The molecule has 0 radical (unpaired) electrons. The summed E-state index contributed by atoms with van der Waals surface area (Å²) in [6.45, 7) is 8.78. The van der Waals surface area contributed by atoms with Crippen molar-refractivity contribution in [2.45, 2.75) is 84.6 Å². The number of unbranched alkanes of at least 4 members (excludes halogenated alkanes) is 2. The number of thioether (sulfide) groups is 1. The van der Waals surface area contributed by atoms with Gasteiger partial charge in [-0.3, -0.25) is 0 Å². The van der Waals surface area contributed by atoms with Crippen molar-refractivity contribution in [2.75, 3.05) is 5.75 Å². The van der Waals surface area contributed by atoms with Crippen LogP contribution in [0.1, 0.15) is 79.1 Å². The molecule has 0 N–H and O–H groups in total. The Kier molecular flexibility index (Phi) is 12.5. The van der Waals surface area contributed by atoms with E-state index in [9.17, 15) is 4.39 Å². The Morgan fingerprint density at radius 1 is 0.889 bits per heavy atom. The van der Waals surface area contributed by atoms with E-state index in [1.165, 1.54) is 38.5 Å². The molecule has 0 aromatic heterocycles. The van der Waals surface area contributed by atoms with Gasteiger partial charge in [-0.05, 0) is 36.9 Å². The van der Waals surface area contributed by atoms with Crippen molar-refractivity contribution in [3.63, 3.8) is 0 Å². The Morgan fingerprint density at radius 2 is 1.50 bits per heavy atom. The topological polar surface area (TPSA) is 0 Å². The lowest BCUT2D eigenvalue weighted by Gasteiger charge is -2.21. The number of halogens is 1. The summed E-state index contributed by atoms with van der Waals surface area (Å²) >= 11 is 1.58. The van der Waals surface area contributed by atoms with E-state index in [2.05, 4.69) is 27.7 Å². The van der Waals surface area contributed by atoms with Crippen molar-refractivity contribution in [1.29, 1.82) is 0 Å². The molecular formula is C16H33FS. The highest BCUT2D eigenvalue weighted by Crippen LogP contribution is 2.30. The second-order valence-corrected chi connectivity index (χ2v) is 6.53. The Labute approximate surface area is 119 Å². The fraction of sp³-hybridized carbons (Fsp3) is 1.00. The average Bonchev–Trinajstić information content (AvgIpc) is 2.39. The molecule has 0 rings (SSSR count). The summed E-state index contributed by atoms with van der Waals surface area (Å²) in [5.74, 6) is 2.01. The van der Waals surface area contributed by atoms with Gasteiger partial charge in [0.15, 0.2) is 0 Å². The molecule has 0 spiro atoms. The molecule has 0 amide bonds. The molecule has 0 aliphatic rings. The molecule has 18 heavy (non-hydrogen) atoms. The predicted octanol–water partition coefficient (Wildman–Crippen LogP) is 6.45. The highest BCUT2D eigenvalue weighted by Gasteiger charge is 2.20. The SMILES string of the molecule is CCCCC(CC)CSC(F)C(CC)CCCC. The zero-order valence-corrected chi connectivity index (χ0v) is 13.7. The third kappa shape index (κ3) is 8.39. The van der Waals surface area contributed by atoms with Crippen LogP contribution in [0.2, 0.25) is 0 Å². The first-order valence-corrected chi connectivity index (χ1v) is 8.99. The average molecular weight is 277 g/mol. The van der Waals surface area contributed by atoms with Gasteiger partial charge in [0.2, 0.25) is 0 Å². The Morgan fingerprint density at radius 3 is 2.00 bits per heavy atom. The maximum atomic E-state index is 14.2. The molecule has 0 saturated carbocycles. The van der Waals surface area contributed by atoms with Crippen molar-refractivity contribution in [2.24, 2.45) is 11.8 Å². The van der Waals surface area contributed by atoms with Gasteiger partial charge in [-0.25, -0.2) is 4.39 Å². The van der Waals surface area contributed by atoms with Gasteiger partial charge >= 0.3 is 0 Å². The number of rotatable bonds is 12. The highest BCUT2D eigenvalue weighted by molar-refractivity contribution is 7.99. The first kappa shape index (κ1) is 18.3. The molecule has 0 aliphatic carbocycles. The summed E-state index contributed by atoms with van der Waals surface area (Å²) in [7, 11) is 0. The third-order valence-corrected chi connectivity index (χ3v) is 5.23. The first-order chi connectivity index (χ1) is 8.69. The van der Waals surface area contributed by atoms with Gasteiger partial charge in [-0.15, -0.1) is 11.8 Å². The molecule has 2 heteroatoms. The number of hydrogen-bond donors (Lipinski definition) is 0. The number of hydrogen-bond acceptors (Lipinski definition) is 1. The lowest BCUT2D eigenvalue weighted by Crippen LogP contribution is -2.14. The summed E-state index contributed by atoms with van der Waals surface area (Å²) in [6, 6.07) is 0. The van der Waals surface area contributed by atoms with Crippen molar-refractivity contribution in [1.82, 2.24) is 0 Å². The molecule has 0 aromatic rings. The predicted molar refractivity (Wildman–Crippen MR) is 84.0 cm³/mol. The van der Waals surface area contributed by atoms with Gasteiger partial charge in [0.25, 0.3) is 0 Å². The van der Waals surface area contributed by atoms with Crippen LogP contribution in [-0.4, -0.2) is 11.3 Å². The van der Waals surface area contributed by atoms with Gasteiger partial charge in [-0.1, -0.05) is 59.8 Å². The van der Waals surface area contributed by atoms with Crippen molar-refractivity contribution in [3.05, 3.63) is 0 Å². The quantitative estimate of drug-likeness (QED) is 0.395. The summed E-state index contributed by atoms with van der Waals surface area (Å²) < 4.78 is 14.2. The minimum atomic E-state index is -0.641. The molecule has 0 aromatic carbocycles. The van der Waals surface area contributed by atoms with Gasteiger partial charge < -0.3 is 0 Å². The molecule has 0 bridgehead atoms. The van der Waals surface area contributed by atoms with Crippen LogP contribution in [0.4, 0.5) is 4.39 Å². The largest absolute Gasteiger partial charge is 0.235 e. The van der Waals surface area contributed by atoms with Crippen molar-refractivity contribution < 1.29 is 4.39 Å². The molecular weight excluding hydrogens is 243 g/mol. The van der Waals surface area contributed by atoms with Gasteiger partial charge in [0.05, 0.1) is 0 Å². The summed E-state index contributed by atoms with van der Waals surface area (Å²) in [4.78, 5) is 0. The van der Waals surface area contributed by atoms with Crippen LogP contribution in [0.5, 0.6) is 0 Å². The molecule has 0 heterocycles. The third-order valence-electron chi connectivity index (χ3n) is 3.86. The zero-order valence-electron chi connectivity index (χ0n) is 12.9. The van der Waals surface area contributed by atoms with Crippen molar-refractivity contribution in [3.8, 4) is 0 Å². The molecule has 0 nitrogen and oxygen atoms in total. The monoisotopic (exact) mass is 276 g/mol. The standard InChI is InChI=1S/C16H33FS/c1-5-9-11-14(7-3)13-18-16(17)15(8-4)12-10-6-2/h14-16H,5-13H2,1-4H3. The lowest BCUT2D eigenvalue weighted by molar-refractivity contribution is 0.294. The van der Waals surface area contributed by atoms with Crippen LogP contribution in [0.15, 0.2) is 0 Å². The van der Waals surface area contributed by atoms with E-state index < -0.39 is 5.50 Å². The van der Waals surface area contributed by atoms with E-state index in [4.69, 9.17) is 0 Å². The Balaban J connectivity index is 3.91. The van der Waals surface area contributed by atoms with Gasteiger partial charge in [-0.2, -0.15) is 0 Å². The minimum Gasteiger partial charge on any atom is -0.235 e. The van der Waals surface area contributed by atoms with E-state index in [1.807, 2.05) is 0 Å². The fourth-order valence-electron chi connectivity index (χ4n) is 2.25. The van der Waals surface area contributed by atoms with Crippen LogP contribution < -0.4 is 0 Å². The van der Waals surface area contributed by atoms with Gasteiger partial charge in [0, 0.05) is 0 Å². The Hall–Kier alpha value is 0.280. The molecule has 0 fully saturated rings. The van der Waals surface area contributed by atoms with Crippen LogP contribution in [0, 0.1) is 11.8 Å². The lowest BCUT2D eigenvalue weighted by atomic mass is 10.0. The maximum absolute atomic E-state index is 14.2. The summed E-state index contributed by atoms with van der Waals surface area (Å²) in [6.07, 6.45) is 9.43. The van der Waals surface area contributed by atoms with Crippen LogP contribution in [0.3, 0.4) is 0 Å². The maximum Gasteiger partial charge on any atom is 0.148 e. The van der Waals surface area contributed by atoms with E-state index in [-0.39, 0.29) is 5.92 Å². The highest BCUT2D eigenvalue weighted by atomic mass is 32.2. The smallest absolute Gasteiger partial charge is 0.148 e. The Bertz CT molecular complexity index is 172. The van der Waals surface area contributed by atoms with E-state index in [0.29, 0.717) is 0 Å².